The lowest BCUT2D eigenvalue weighted by atomic mass is 9.94. The zero-order valence-electron chi connectivity index (χ0n) is 14.8. The van der Waals surface area contributed by atoms with E-state index in [4.69, 9.17) is 0 Å². The minimum Gasteiger partial charge on any atom is -0.368 e. The second-order valence-corrected chi connectivity index (χ2v) is 7.16. The number of anilines is 1. The van der Waals surface area contributed by atoms with Crippen molar-refractivity contribution < 1.29 is 4.79 Å². The van der Waals surface area contributed by atoms with Gasteiger partial charge < -0.3 is 9.80 Å². The van der Waals surface area contributed by atoms with Crippen LogP contribution in [0.3, 0.4) is 0 Å². The van der Waals surface area contributed by atoms with E-state index in [0.29, 0.717) is 0 Å². The van der Waals surface area contributed by atoms with Crippen LogP contribution in [0.5, 0.6) is 0 Å². The molecule has 2 rings (SSSR count). The van der Waals surface area contributed by atoms with Gasteiger partial charge in [-0.25, -0.2) is 0 Å². The van der Waals surface area contributed by atoms with Crippen LogP contribution in [0.25, 0.3) is 0 Å². The van der Waals surface area contributed by atoms with Gasteiger partial charge in [-0.15, -0.1) is 0 Å². The van der Waals surface area contributed by atoms with Crippen molar-refractivity contribution in [1.29, 1.82) is 0 Å². The highest BCUT2D eigenvalue weighted by Gasteiger charge is 2.30. The Morgan fingerprint density at radius 3 is 1.91 bits per heavy atom. The lowest BCUT2D eigenvalue weighted by Crippen LogP contribution is -2.52. The van der Waals surface area contributed by atoms with Crippen LogP contribution in [-0.4, -0.2) is 37.0 Å². The maximum atomic E-state index is 12.4. The largest absolute Gasteiger partial charge is 0.368 e. The molecule has 0 aliphatic carbocycles. The first-order valence-electron chi connectivity index (χ1n) is 8.53. The molecule has 0 atom stereocenters. The summed E-state index contributed by atoms with van der Waals surface area (Å²) >= 11 is 0. The Balaban J connectivity index is 2.14. The molecule has 1 amide bonds. The van der Waals surface area contributed by atoms with E-state index in [2.05, 4.69) is 36.9 Å². The van der Waals surface area contributed by atoms with Gasteiger partial charge in [0.15, 0.2) is 0 Å². The van der Waals surface area contributed by atoms with Crippen molar-refractivity contribution in [3.63, 3.8) is 0 Å². The number of benzene rings is 1. The molecular formula is C19H30N2O. The molecule has 3 nitrogen and oxygen atoms in total. The number of rotatable bonds is 3. The molecule has 1 aliphatic heterocycles. The average Bonchev–Trinajstić information content (AvgIpc) is 2.52. The number of carbonyl (C=O) groups is 1. The summed E-state index contributed by atoms with van der Waals surface area (Å²) in [5.74, 6) is 0.270. The summed E-state index contributed by atoms with van der Waals surface area (Å²) in [7, 11) is 0. The van der Waals surface area contributed by atoms with E-state index in [1.165, 1.54) is 16.8 Å². The van der Waals surface area contributed by atoms with Gasteiger partial charge in [-0.1, -0.05) is 52.8 Å². The lowest BCUT2D eigenvalue weighted by molar-refractivity contribution is -0.139. The van der Waals surface area contributed by atoms with Crippen molar-refractivity contribution in [2.24, 2.45) is 5.41 Å². The van der Waals surface area contributed by atoms with E-state index in [-0.39, 0.29) is 11.3 Å². The third-order valence-electron chi connectivity index (χ3n) is 4.49. The average molecular weight is 302 g/mol. The van der Waals surface area contributed by atoms with Crippen molar-refractivity contribution in [2.45, 2.75) is 47.5 Å². The van der Waals surface area contributed by atoms with Crippen LogP contribution in [0.4, 0.5) is 5.69 Å². The van der Waals surface area contributed by atoms with Crippen LogP contribution >= 0.6 is 0 Å². The van der Waals surface area contributed by atoms with E-state index in [1.54, 1.807) is 0 Å². The molecule has 1 heterocycles. The number of piperazine rings is 1. The fourth-order valence-corrected chi connectivity index (χ4v) is 3.23. The number of carbonyl (C=O) groups excluding carboxylic acids is 1. The van der Waals surface area contributed by atoms with Crippen molar-refractivity contribution in [3.8, 4) is 0 Å². The minimum absolute atomic E-state index is 0.270. The monoisotopic (exact) mass is 302 g/mol. The Labute approximate surface area is 135 Å². The van der Waals surface area contributed by atoms with E-state index < -0.39 is 0 Å². The van der Waals surface area contributed by atoms with Gasteiger partial charge in [0.2, 0.25) is 5.91 Å². The zero-order chi connectivity index (χ0) is 16.3. The molecular weight excluding hydrogens is 272 g/mol. The Bertz CT molecular complexity index is 500. The highest BCUT2D eigenvalue weighted by atomic mass is 16.2. The number of aryl methyl sites for hydroxylation is 2. The van der Waals surface area contributed by atoms with Crippen molar-refractivity contribution in [2.75, 3.05) is 31.1 Å². The Kier molecular flexibility index (Phi) is 5.15. The van der Waals surface area contributed by atoms with Gasteiger partial charge in [0.25, 0.3) is 0 Å². The second-order valence-electron chi connectivity index (χ2n) is 7.16. The van der Waals surface area contributed by atoms with Crippen molar-refractivity contribution >= 4 is 11.6 Å². The summed E-state index contributed by atoms with van der Waals surface area (Å²) in [4.78, 5) is 16.9. The molecule has 1 aliphatic rings. The predicted octanol–water partition coefficient (Wildman–Crippen LogP) is 3.51. The Morgan fingerprint density at radius 1 is 1.00 bits per heavy atom. The van der Waals surface area contributed by atoms with Gasteiger partial charge in [0.1, 0.15) is 0 Å². The summed E-state index contributed by atoms with van der Waals surface area (Å²) in [6.07, 6.45) is 2.12. The number of para-hydroxylation sites is 1. The fourth-order valence-electron chi connectivity index (χ4n) is 3.23. The summed E-state index contributed by atoms with van der Waals surface area (Å²) in [5, 5.41) is 0. The molecule has 1 aromatic rings. The normalized spacial score (nSPS) is 16.0. The summed E-state index contributed by atoms with van der Waals surface area (Å²) in [5.41, 5.74) is 3.98. The van der Waals surface area contributed by atoms with E-state index >= 15 is 0 Å². The van der Waals surface area contributed by atoms with Crippen LogP contribution in [0.1, 0.15) is 45.7 Å². The minimum atomic E-state index is -0.280. The maximum absolute atomic E-state index is 12.4. The maximum Gasteiger partial charge on any atom is 0.228 e. The Morgan fingerprint density at radius 2 is 1.50 bits per heavy atom. The van der Waals surface area contributed by atoms with Crippen LogP contribution in [0, 0.1) is 5.41 Å². The van der Waals surface area contributed by atoms with Crippen LogP contribution in [-0.2, 0) is 17.6 Å². The van der Waals surface area contributed by atoms with Gasteiger partial charge in [-0.3, -0.25) is 4.79 Å². The molecule has 1 fully saturated rings. The molecule has 0 saturated carbocycles. The molecule has 0 N–H and O–H groups in total. The fraction of sp³-hybridized carbons (Fsp3) is 0.632. The molecule has 1 saturated heterocycles. The molecule has 0 bridgehead atoms. The molecule has 22 heavy (non-hydrogen) atoms. The van der Waals surface area contributed by atoms with Gasteiger partial charge in [0.05, 0.1) is 0 Å². The van der Waals surface area contributed by atoms with E-state index in [0.717, 1.165) is 39.0 Å². The summed E-state index contributed by atoms with van der Waals surface area (Å²) in [6, 6.07) is 6.64. The van der Waals surface area contributed by atoms with Crippen LogP contribution in [0.15, 0.2) is 18.2 Å². The first kappa shape index (κ1) is 16.9. The first-order valence-corrected chi connectivity index (χ1v) is 8.53. The quantitative estimate of drug-likeness (QED) is 0.853. The molecule has 0 spiro atoms. The summed E-state index contributed by atoms with van der Waals surface area (Å²) in [6.45, 7) is 14.0. The number of amides is 1. The number of nitrogens with zero attached hydrogens (tertiary/aromatic N) is 2. The predicted molar refractivity (Wildman–Crippen MR) is 93.4 cm³/mol. The highest BCUT2D eigenvalue weighted by molar-refractivity contribution is 5.81. The van der Waals surface area contributed by atoms with Crippen molar-refractivity contribution in [3.05, 3.63) is 29.3 Å². The third-order valence-corrected chi connectivity index (χ3v) is 4.49. The van der Waals surface area contributed by atoms with Crippen molar-refractivity contribution in [1.82, 2.24) is 4.90 Å². The highest BCUT2D eigenvalue weighted by Crippen LogP contribution is 2.28. The number of hydrogen-bond acceptors (Lipinski definition) is 2. The van der Waals surface area contributed by atoms with Gasteiger partial charge >= 0.3 is 0 Å². The molecule has 0 aromatic heterocycles. The lowest BCUT2D eigenvalue weighted by Gasteiger charge is -2.40. The van der Waals surface area contributed by atoms with E-state index in [9.17, 15) is 4.79 Å². The molecule has 122 valence electrons. The molecule has 0 radical (unpaired) electrons. The molecule has 1 aromatic carbocycles. The van der Waals surface area contributed by atoms with Gasteiger partial charge in [0, 0.05) is 37.3 Å². The SMILES string of the molecule is CCc1cccc(CC)c1N1CCN(C(=O)C(C)(C)C)CC1. The molecule has 3 heteroatoms. The van der Waals surface area contributed by atoms with Gasteiger partial charge in [-0.05, 0) is 24.0 Å². The topological polar surface area (TPSA) is 23.6 Å². The summed E-state index contributed by atoms with van der Waals surface area (Å²) < 4.78 is 0. The molecule has 0 unspecified atom stereocenters. The standard InChI is InChI=1S/C19H30N2O/c1-6-15-9-8-10-16(7-2)17(15)20-11-13-21(14-12-20)18(22)19(3,4)5/h8-10H,6-7,11-14H2,1-5H3. The first-order chi connectivity index (χ1) is 10.4. The zero-order valence-corrected chi connectivity index (χ0v) is 14.8. The Hall–Kier alpha value is -1.51. The number of hydrogen-bond donors (Lipinski definition) is 0. The second kappa shape index (κ2) is 6.72. The van der Waals surface area contributed by atoms with Crippen LogP contribution < -0.4 is 4.90 Å². The van der Waals surface area contributed by atoms with Gasteiger partial charge in [-0.2, -0.15) is 0 Å². The smallest absolute Gasteiger partial charge is 0.228 e. The van der Waals surface area contributed by atoms with E-state index in [1.807, 2.05) is 25.7 Å². The third kappa shape index (κ3) is 3.45. The van der Waals surface area contributed by atoms with Crippen LogP contribution in [0.2, 0.25) is 0 Å².